The van der Waals surface area contributed by atoms with Gasteiger partial charge < -0.3 is 0 Å². The number of nitrogens with zero attached hydrogens (tertiary/aromatic N) is 4. The van der Waals surface area contributed by atoms with Crippen LogP contribution in [0.2, 0.25) is 0 Å². The molecule has 0 saturated carbocycles. The van der Waals surface area contributed by atoms with Gasteiger partial charge in [0.2, 0.25) is 5.03 Å². The first-order chi connectivity index (χ1) is 9.81. The van der Waals surface area contributed by atoms with Gasteiger partial charge in [0, 0.05) is 25.7 Å². The summed E-state index contributed by atoms with van der Waals surface area (Å²) < 4.78 is 27.9. The summed E-state index contributed by atoms with van der Waals surface area (Å²) >= 11 is 3.01. The fourth-order valence-electron chi connectivity index (χ4n) is 1.63. The van der Waals surface area contributed by atoms with Crippen molar-refractivity contribution < 1.29 is 13.3 Å². The van der Waals surface area contributed by atoms with Crippen LogP contribution in [0.25, 0.3) is 0 Å². The Morgan fingerprint density at radius 2 is 2.19 bits per heavy atom. The van der Waals surface area contributed by atoms with Gasteiger partial charge in [0.25, 0.3) is 15.7 Å². The molecule has 0 bridgehead atoms. The lowest BCUT2D eigenvalue weighted by molar-refractivity contribution is -0.384. The third-order valence-corrected chi connectivity index (χ3v) is 4.87. The van der Waals surface area contributed by atoms with Gasteiger partial charge in [-0.15, -0.1) is 5.10 Å². The van der Waals surface area contributed by atoms with E-state index < -0.39 is 14.9 Å². The number of benzene rings is 1. The summed E-state index contributed by atoms with van der Waals surface area (Å²) in [6.45, 7) is -0.0817. The molecule has 1 N–H and O–H groups in total. The van der Waals surface area contributed by atoms with Crippen molar-refractivity contribution >= 4 is 31.6 Å². The van der Waals surface area contributed by atoms with Crippen molar-refractivity contribution in [2.75, 3.05) is 0 Å². The number of aryl methyl sites for hydroxylation is 1. The molecule has 2 aromatic rings. The Hall–Kier alpha value is -1.85. The van der Waals surface area contributed by atoms with Crippen LogP contribution in [0.15, 0.2) is 33.9 Å². The highest BCUT2D eigenvalue weighted by Crippen LogP contribution is 2.18. The molecule has 0 atom stereocenters. The van der Waals surface area contributed by atoms with Crippen LogP contribution in [0.5, 0.6) is 0 Å². The minimum absolute atomic E-state index is 0.0817. The van der Waals surface area contributed by atoms with Gasteiger partial charge in [-0.05, 0) is 21.5 Å². The number of nitro benzene ring substituents is 1. The van der Waals surface area contributed by atoms with Crippen molar-refractivity contribution in [2.24, 2.45) is 7.05 Å². The molecule has 0 aliphatic carbocycles. The molecule has 0 spiro atoms. The number of aromatic nitrogens is 3. The quantitative estimate of drug-likeness (QED) is 0.613. The summed E-state index contributed by atoms with van der Waals surface area (Å²) in [5.41, 5.74) is 0.370. The van der Waals surface area contributed by atoms with E-state index in [1.54, 1.807) is 6.07 Å². The van der Waals surface area contributed by atoms with Crippen molar-refractivity contribution in [2.45, 2.75) is 11.6 Å². The number of halogens is 1. The smallest absolute Gasteiger partial charge is 0.258 e. The van der Waals surface area contributed by atoms with Crippen LogP contribution in [0.3, 0.4) is 0 Å². The van der Waals surface area contributed by atoms with Crippen LogP contribution >= 0.6 is 15.9 Å². The molecule has 0 aliphatic rings. The summed E-state index contributed by atoms with van der Waals surface area (Å²) in [5.74, 6) is 0. The predicted molar refractivity (Wildman–Crippen MR) is 75.8 cm³/mol. The number of non-ortho nitro benzene ring substituents is 1. The first-order valence-electron chi connectivity index (χ1n) is 5.59. The lowest BCUT2D eigenvalue weighted by Gasteiger charge is -2.06. The summed E-state index contributed by atoms with van der Waals surface area (Å²) in [6.07, 6.45) is 0. The number of hydrogen-bond donors (Lipinski definition) is 1. The Morgan fingerprint density at radius 3 is 2.76 bits per heavy atom. The summed E-state index contributed by atoms with van der Waals surface area (Å²) in [7, 11) is -2.39. The number of nitrogens with one attached hydrogen (secondary N) is 1. The molecule has 21 heavy (non-hydrogen) atoms. The first-order valence-corrected chi connectivity index (χ1v) is 7.87. The molecule has 0 unspecified atom stereocenters. The van der Waals surface area contributed by atoms with Gasteiger partial charge >= 0.3 is 0 Å². The second kappa shape index (κ2) is 5.87. The second-order valence-corrected chi connectivity index (χ2v) is 6.49. The zero-order valence-electron chi connectivity index (χ0n) is 10.7. The molecule has 0 aliphatic heterocycles. The van der Waals surface area contributed by atoms with E-state index in [0.29, 0.717) is 5.56 Å². The second-order valence-electron chi connectivity index (χ2n) is 4.06. The molecule has 0 fully saturated rings. The van der Waals surface area contributed by atoms with Gasteiger partial charge in [-0.25, -0.2) is 17.8 Å². The van der Waals surface area contributed by atoms with Crippen LogP contribution in [0.1, 0.15) is 5.56 Å². The molecule has 11 heteroatoms. The standard InChI is InChI=1S/C10H10BrN5O4S/c1-15-10(9(11)13-14-15)21(19,20)12-6-7-3-2-4-8(5-7)16(17)18/h2-5,12H,6H2,1H3. The Labute approximate surface area is 128 Å². The van der Waals surface area contributed by atoms with E-state index in [2.05, 4.69) is 31.0 Å². The maximum atomic E-state index is 12.2. The highest BCUT2D eigenvalue weighted by molar-refractivity contribution is 9.10. The van der Waals surface area contributed by atoms with Gasteiger partial charge in [0.1, 0.15) is 0 Å². The maximum absolute atomic E-state index is 12.2. The van der Waals surface area contributed by atoms with Crippen molar-refractivity contribution in [3.63, 3.8) is 0 Å². The fraction of sp³-hybridized carbons (Fsp3) is 0.200. The normalized spacial score (nSPS) is 11.5. The topological polar surface area (TPSA) is 120 Å². The SMILES string of the molecule is Cn1nnc(Br)c1S(=O)(=O)NCc1cccc([N+](=O)[O-])c1. The third kappa shape index (κ3) is 3.43. The van der Waals surface area contributed by atoms with E-state index in [1.807, 2.05) is 0 Å². The summed E-state index contributed by atoms with van der Waals surface area (Å²) in [6, 6.07) is 5.72. The van der Waals surface area contributed by atoms with E-state index in [1.165, 1.54) is 25.2 Å². The maximum Gasteiger partial charge on any atom is 0.269 e. The Balaban J connectivity index is 2.20. The van der Waals surface area contributed by atoms with E-state index in [-0.39, 0.29) is 21.9 Å². The average Bonchev–Trinajstić information content (AvgIpc) is 2.77. The molecule has 1 aromatic carbocycles. The molecular weight excluding hydrogens is 366 g/mol. The summed E-state index contributed by atoms with van der Waals surface area (Å²) in [4.78, 5) is 10.1. The van der Waals surface area contributed by atoms with Gasteiger partial charge in [0.05, 0.1) is 4.92 Å². The molecule has 1 heterocycles. The third-order valence-electron chi connectivity index (χ3n) is 2.58. The zero-order valence-corrected chi connectivity index (χ0v) is 13.1. The molecular formula is C10H10BrN5O4S. The van der Waals surface area contributed by atoms with Gasteiger partial charge in [0.15, 0.2) is 4.60 Å². The van der Waals surface area contributed by atoms with Crippen LogP contribution in [-0.4, -0.2) is 28.3 Å². The Morgan fingerprint density at radius 1 is 1.48 bits per heavy atom. The lowest BCUT2D eigenvalue weighted by atomic mass is 10.2. The molecule has 1 aromatic heterocycles. The van der Waals surface area contributed by atoms with Crippen LogP contribution in [0.4, 0.5) is 5.69 Å². The lowest BCUT2D eigenvalue weighted by Crippen LogP contribution is -2.25. The van der Waals surface area contributed by atoms with Gasteiger partial charge in [-0.1, -0.05) is 17.3 Å². The average molecular weight is 376 g/mol. The van der Waals surface area contributed by atoms with E-state index in [0.717, 1.165) is 4.68 Å². The highest BCUT2D eigenvalue weighted by Gasteiger charge is 2.23. The highest BCUT2D eigenvalue weighted by atomic mass is 79.9. The van der Waals surface area contributed by atoms with Crippen molar-refractivity contribution in [1.82, 2.24) is 19.7 Å². The van der Waals surface area contributed by atoms with Crippen LogP contribution < -0.4 is 4.72 Å². The minimum Gasteiger partial charge on any atom is -0.258 e. The molecule has 0 amide bonds. The molecule has 112 valence electrons. The molecule has 9 nitrogen and oxygen atoms in total. The van der Waals surface area contributed by atoms with Gasteiger partial charge in [-0.2, -0.15) is 0 Å². The first kappa shape index (κ1) is 15.5. The Bertz CT molecular complexity index is 769. The van der Waals surface area contributed by atoms with Crippen LogP contribution in [0, 0.1) is 10.1 Å². The fourth-order valence-corrected chi connectivity index (χ4v) is 3.74. The summed E-state index contributed by atoms with van der Waals surface area (Å²) in [5, 5.41) is 17.7. The van der Waals surface area contributed by atoms with Crippen molar-refractivity contribution in [3.8, 4) is 0 Å². The van der Waals surface area contributed by atoms with E-state index in [4.69, 9.17) is 0 Å². The van der Waals surface area contributed by atoms with Crippen molar-refractivity contribution in [3.05, 3.63) is 44.5 Å². The van der Waals surface area contributed by atoms with Crippen molar-refractivity contribution in [1.29, 1.82) is 0 Å². The zero-order chi connectivity index (χ0) is 15.6. The number of sulfonamides is 1. The van der Waals surface area contributed by atoms with E-state index in [9.17, 15) is 18.5 Å². The monoisotopic (exact) mass is 375 g/mol. The predicted octanol–water partition coefficient (Wildman–Crippen LogP) is 0.964. The molecule has 2 rings (SSSR count). The largest absolute Gasteiger partial charge is 0.269 e. The Kier molecular flexibility index (Phi) is 4.34. The van der Waals surface area contributed by atoms with Gasteiger partial charge in [-0.3, -0.25) is 10.1 Å². The number of rotatable bonds is 5. The number of nitro groups is 1. The van der Waals surface area contributed by atoms with E-state index >= 15 is 0 Å². The minimum atomic E-state index is -3.84. The molecule has 0 saturated heterocycles. The molecule has 0 radical (unpaired) electrons. The number of hydrogen-bond acceptors (Lipinski definition) is 6. The van der Waals surface area contributed by atoms with Crippen LogP contribution in [-0.2, 0) is 23.6 Å².